The summed E-state index contributed by atoms with van der Waals surface area (Å²) in [5.74, 6) is 1.12. The van der Waals surface area contributed by atoms with Gasteiger partial charge in [0.05, 0.1) is 11.6 Å². The van der Waals surface area contributed by atoms with Crippen LogP contribution in [0.1, 0.15) is 62.2 Å². The molecule has 0 amide bonds. The molecule has 2 aromatic carbocycles. The molecule has 1 unspecified atom stereocenters. The fraction of sp³-hybridized carbons (Fsp3) is 0.346. The van der Waals surface area contributed by atoms with Crippen molar-refractivity contribution in [1.29, 1.82) is 0 Å². The van der Waals surface area contributed by atoms with Crippen LogP contribution in [0.15, 0.2) is 58.8 Å². The summed E-state index contributed by atoms with van der Waals surface area (Å²) in [7, 11) is 0. The number of rotatable bonds is 7. The van der Waals surface area contributed by atoms with Crippen LogP contribution in [0, 0.1) is 6.92 Å². The van der Waals surface area contributed by atoms with E-state index < -0.39 is 0 Å². The van der Waals surface area contributed by atoms with E-state index in [2.05, 4.69) is 79.5 Å². The molecule has 4 rings (SSSR count). The number of hydrogen-bond donors (Lipinski definition) is 1. The molecule has 166 valence electrons. The van der Waals surface area contributed by atoms with E-state index in [-0.39, 0.29) is 6.04 Å². The molecular weight excluding hydrogens is 416 g/mol. The Bertz CT molecular complexity index is 1130. The first-order valence-corrected chi connectivity index (χ1v) is 11.7. The molecule has 3 aromatic rings. The van der Waals surface area contributed by atoms with Gasteiger partial charge in [0.15, 0.2) is 5.11 Å². The highest BCUT2D eigenvalue weighted by Crippen LogP contribution is 2.37. The predicted molar refractivity (Wildman–Crippen MR) is 133 cm³/mol. The highest BCUT2D eigenvalue weighted by molar-refractivity contribution is 7.80. The van der Waals surface area contributed by atoms with Crippen LogP contribution in [0.2, 0.25) is 0 Å². The Morgan fingerprint density at radius 1 is 1.09 bits per heavy atom. The van der Waals surface area contributed by atoms with Crippen molar-refractivity contribution in [2.45, 2.75) is 53.0 Å². The molecular formula is C26H30N4OS. The van der Waals surface area contributed by atoms with Crippen LogP contribution < -0.4 is 5.32 Å². The maximum Gasteiger partial charge on any atom is 0.258 e. The number of aromatic nitrogens is 2. The van der Waals surface area contributed by atoms with Gasteiger partial charge in [0, 0.05) is 17.8 Å². The molecule has 0 bridgehead atoms. The maximum absolute atomic E-state index is 5.82. The lowest BCUT2D eigenvalue weighted by atomic mass is 9.93. The Labute approximate surface area is 195 Å². The first-order chi connectivity index (χ1) is 15.5. The number of unbranched alkanes of at least 4 members (excludes halogenated alkanes) is 1. The van der Waals surface area contributed by atoms with Gasteiger partial charge in [-0.05, 0) is 56.1 Å². The van der Waals surface area contributed by atoms with Gasteiger partial charge >= 0.3 is 0 Å². The highest BCUT2D eigenvalue weighted by atomic mass is 32.1. The predicted octanol–water partition coefficient (Wildman–Crippen LogP) is 6.07. The van der Waals surface area contributed by atoms with Crippen LogP contribution in [-0.2, 0) is 6.42 Å². The van der Waals surface area contributed by atoms with E-state index in [4.69, 9.17) is 21.7 Å². The third-order valence-electron chi connectivity index (χ3n) is 5.99. The smallest absolute Gasteiger partial charge is 0.258 e. The van der Waals surface area contributed by atoms with Crippen molar-refractivity contribution in [2.75, 3.05) is 6.54 Å². The molecule has 0 spiro atoms. The molecule has 5 nitrogen and oxygen atoms in total. The topological polar surface area (TPSA) is 54.2 Å². The van der Waals surface area contributed by atoms with Crippen molar-refractivity contribution >= 4 is 22.9 Å². The summed E-state index contributed by atoms with van der Waals surface area (Å²) >= 11 is 5.76. The Morgan fingerprint density at radius 3 is 2.56 bits per heavy atom. The average molecular weight is 447 g/mol. The van der Waals surface area contributed by atoms with Crippen LogP contribution in [0.3, 0.4) is 0 Å². The second-order valence-electron chi connectivity index (χ2n) is 8.27. The van der Waals surface area contributed by atoms with Crippen LogP contribution in [0.25, 0.3) is 17.0 Å². The quantitative estimate of drug-likeness (QED) is 0.445. The standard InChI is InChI=1S/C26H30N4OS/c1-5-7-15-30-18(4)22(23(27-26(30)32)20-13-11-19(6-2)12-14-20)25-28-24(29-31-25)21-10-8-9-17(3)16-21/h8-14,16,23H,5-7,15H2,1-4H3,(H,27,32). The fourth-order valence-corrected chi connectivity index (χ4v) is 4.42. The molecule has 1 aliphatic rings. The molecule has 0 fully saturated rings. The van der Waals surface area contributed by atoms with Crippen molar-refractivity contribution in [3.05, 3.63) is 76.8 Å². The van der Waals surface area contributed by atoms with Crippen LogP contribution in [0.4, 0.5) is 0 Å². The number of allylic oxidation sites excluding steroid dienone is 1. The number of nitrogens with one attached hydrogen (secondary N) is 1. The SMILES string of the molecule is CCCCN1C(=S)NC(c2ccc(CC)cc2)C(c2nc(-c3cccc(C)c3)no2)=C1C. The Kier molecular flexibility index (Phi) is 6.70. The maximum atomic E-state index is 5.82. The Hall–Kier alpha value is -2.99. The van der Waals surface area contributed by atoms with E-state index in [9.17, 15) is 0 Å². The van der Waals surface area contributed by atoms with Crippen LogP contribution in [0.5, 0.6) is 0 Å². The molecule has 32 heavy (non-hydrogen) atoms. The third kappa shape index (κ3) is 4.46. The number of nitrogens with zero attached hydrogens (tertiary/aromatic N) is 3. The minimum atomic E-state index is -0.142. The van der Waals surface area contributed by atoms with E-state index in [1.54, 1.807) is 0 Å². The van der Waals surface area contributed by atoms with Gasteiger partial charge in [-0.1, -0.05) is 73.5 Å². The van der Waals surface area contributed by atoms with Gasteiger partial charge in [-0.3, -0.25) is 0 Å². The first kappa shape index (κ1) is 22.2. The van der Waals surface area contributed by atoms with Gasteiger partial charge in [-0.15, -0.1) is 0 Å². The van der Waals surface area contributed by atoms with Gasteiger partial charge in [-0.25, -0.2) is 0 Å². The first-order valence-electron chi connectivity index (χ1n) is 11.3. The van der Waals surface area contributed by atoms with Gasteiger partial charge < -0.3 is 14.7 Å². The van der Waals surface area contributed by atoms with Crippen LogP contribution >= 0.6 is 12.2 Å². The second-order valence-corrected chi connectivity index (χ2v) is 8.66. The zero-order chi connectivity index (χ0) is 22.7. The molecule has 6 heteroatoms. The minimum absolute atomic E-state index is 0.142. The van der Waals surface area contributed by atoms with Gasteiger partial charge in [-0.2, -0.15) is 4.98 Å². The molecule has 1 atom stereocenters. The summed E-state index contributed by atoms with van der Waals surface area (Å²) in [5.41, 5.74) is 6.58. The van der Waals surface area contributed by atoms with Crippen molar-refractivity contribution in [2.24, 2.45) is 0 Å². The monoisotopic (exact) mass is 446 g/mol. The zero-order valence-electron chi connectivity index (χ0n) is 19.2. The lowest BCUT2D eigenvalue weighted by molar-refractivity contribution is 0.395. The Balaban J connectivity index is 1.79. The number of thiocarbonyl (C=S) groups is 1. The molecule has 1 aromatic heterocycles. The normalized spacial score (nSPS) is 16.4. The number of hydrogen-bond acceptors (Lipinski definition) is 4. The summed E-state index contributed by atoms with van der Waals surface area (Å²) in [6.45, 7) is 9.37. The van der Waals surface area contributed by atoms with E-state index in [0.29, 0.717) is 11.7 Å². The van der Waals surface area contributed by atoms with Crippen molar-refractivity contribution in [3.63, 3.8) is 0 Å². The van der Waals surface area contributed by atoms with Crippen LogP contribution in [-0.4, -0.2) is 26.7 Å². The second kappa shape index (κ2) is 9.65. The van der Waals surface area contributed by atoms with Crippen molar-refractivity contribution < 1.29 is 4.52 Å². The van der Waals surface area contributed by atoms with Crippen molar-refractivity contribution in [1.82, 2.24) is 20.4 Å². The fourth-order valence-electron chi connectivity index (χ4n) is 4.07. The van der Waals surface area contributed by atoms with Gasteiger partial charge in [0.1, 0.15) is 0 Å². The lowest BCUT2D eigenvalue weighted by Crippen LogP contribution is -2.46. The molecule has 0 aliphatic carbocycles. The average Bonchev–Trinajstić information content (AvgIpc) is 3.28. The molecule has 2 heterocycles. The van der Waals surface area contributed by atoms with Gasteiger partial charge in [0.2, 0.25) is 5.82 Å². The molecule has 0 saturated heterocycles. The van der Waals surface area contributed by atoms with E-state index in [0.717, 1.165) is 58.9 Å². The lowest BCUT2D eigenvalue weighted by Gasteiger charge is -2.37. The highest BCUT2D eigenvalue weighted by Gasteiger charge is 2.33. The van der Waals surface area contributed by atoms with Gasteiger partial charge in [0.25, 0.3) is 5.89 Å². The minimum Gasteiger partial charge on any atom is -0.351 e. The van der Waals surface area contributed by atoms with Crippen molar-refractivity contribution in [3.8, 4) is 11.4 Å². The number of benzene rings is 2. The number of aryl methyl sites for hydroxylation is 2. The Morgan fingerprint density at radius 2 is 1.88 bits per heavy atom. The molecule has 0 saturated carbocycles. The molecule has 0 radical (unpaired) electrons. The van der Waals surface area contributed by atoms with E-state index in [1.165, 1.54) is 5.56 Å². The molecule has 1 N–H and O–H groups in total. The third-order valence-corrected chi connectivity index (χ3v) is 6.32. The zero-order valence-corrected chi connectivity index (χ0v) is 20.0. The largest absolute Gasteiger partial charge is 0.351 e. The molecule has 1 aliphatic heterocycles. The van der Waals surface area contributed by atoms with E-state index >= 15 is 0 Å². The summed E-state index contributed by atoms with van der Waals surface area (Å²) in [6.07, 6.45) is 3.16. The summed E-state index contributed by atoms with van der Waals surface area (Å²) < 4.78 is 5.82. The summed E-state index contributed by atoms with van der Waals surface area (Å²) in [4.78, 5) is 6.95. The summed E-state index contributed by atoms with van der Waals surface area (Å²) in [5, 5.41) is 8.58. The summed E-state index contributed by atoms with van der Waals surface area (Å²) in [6, 6.07) is 16.7. The van der Waals surface area contributed by atoms with E-state index in [1.807, 2.05) is 12.1 Å².